The summed E-state index contributed by atoms with van der Waals surface area (Å²) in [5.74, 6) is 0.956. The summed E-state index contributed by atoms with van der Waals surface area (Å²) in [5, 5.41) is 11.3. The van der Waals surface area contributed by atoms with Crippen LogP contribution in [0, 0.1) is 13.8 Å². The second-order valence-electron chi connectivity index (χ2n) is 7.94. The summed E-state index contributed by atoms with van der Waals surface area (Å²) in [6.45, 7) is 7.85. The number of hydrogen-bond acceptors (Lipinski definition) is 5. The van der Waals surface area contributed by atoms with Crippen molar-refractivity contribution in [2.24, 2.45) is 0 Å². The molecule has 2 heterocycles. The average molecular weight is 501 g/mol. The molecular weight excluding hydrogens is 472 g/mol. The minimum absolute atomic E-state index is 0.209. The van der Waals surface area contributed by atoms with Gasteiger partial charge in [-0.2, -0.15) is 0 Å². The third-order valence-corrected chi connectivity index (χ3v) is 7.58. The lowest BCUT2D eigenvalue weighted by Gasteiger charge is -2.24. The van der Waals surface area contributed by atoms with Gasteiger partial charge in [-0.15, -0.1) is 11.3 Å². The molecule has 1 aliphatic rings. The fraction of sp³-hybridized carbons (Fsp3) is 0.400. The SMILES string of the molecule is Cc1c(OCCCBr)cccc1-c1cccc(-c2nc3c(s2)CN(CCO)CC3)c1C. The summed E-state index contributed by atoms with van der Waals surface area (Å²) < 4.78 is 6.02. The number of β-amino-alcohol motifs (C(OH)–C–C–N with tert-alkyl or cyclic N) is 1. The molecule has 0 fully saturated rings. The topological polar surface area (TPSA) is 45.6 Å². The maximum absolute atomic E-state index is 9.26. The van der Waals surface area contributed by atoms with E-state index in [1.165, 1.54) is 38.4 Å². The first-order valence-corrected chi connectivity index (χ1v) is 12.8. The maximum Gasteiger partial charge on any atom is 0.124 e. The number of aliphatic hydroxyl groups is 1. The van der Waals surface area contributed by atoms with Crippen molar-refractivity contribution in [2.45, 2.75) is 33.2 Å². The van der Waals surface area contributed by atoms with Crippen LogP contribution >= 0.6 is 27.3 Å². The van der Waals surface area contributed by atoms with Crippen LogP contribution in [0.3, 0.4) is 0 Å². The van der Waals surface area contributed by atoms with Crippen LogP contribution in [-0.2, 0) is 13.0 Å². The molecule has 0 unspecified atom stereocenters. The van der Waals surface area contributed by atoms with Gasteiger partial charge < -0.3 is 9.84 Å². The van der Waals surface area contributed by atoms with Crippen LogP contribution in [0.25, 0.3) is 21.7 Å². The van der Waals surface area contributed by atoms with Crippen LogP contribution in [0.4, 0.5) is 0 Å². The van der Waals surface area contributed by atoms with E-state index >= 15 is 0 Å². The van der Waals surface area contributed by atoms with Crippen molar-refractivity contribution in [1.82, 2.24) is 9.88 Å². The fourth-order valence-corrected chi connectivity index (χ4v) is 5.62. The Bertz CT molecular complexity index is 1050. The van der Waals surface area contributed by atoms with Crippen molar-refractivity contribution in [3.63, 3.8) is 0 Å². The Morgan fingerprint density at radius 1 is 1.10 bits per heavy atom. The van der Waals surface area contributed by atoms with Gasteiger partial charge in [-0.3, -0.25) is 4.90 Å². The lowest BCUT2D eigenvalue weighted by Crippen LogP contribution is -2.32. The van der Waals surface area contributed by atoms with Gasteiger partial charge in [-0.1, -0.05) is 46.3 Å². The van der Waals surface area contributed by atoms with E-state index < -0.39 is 0 Å². The number of hydrogen-bond donors (Lipinski definition) is 1. The molecular formula is C25H29BrN2O2S. The monoisotopic (exact) mass is 500 g/mol. The molecule has 4 nitrogen and oxygen atoms in total. The average Bonchev–Trinajstić information content (AvgIpc) is 3.19. The molecule has 31 heavy (non-hydrogen) atoms. The lowest BCUT2D eigenvalue weighted by molar-refractivity contribution is 0.185. The van der Waals surface area contributed by atoms with Crippen molar-refractivity contribution in [1.29, 1.82) is 0 Å². The summed E-state index contributed by atoms with van der Waals surface area (Å²) in [5.41, 5.74) is 7.30. The second-order valence-corrected chi connectivity index (χ2v) is 9.81. The molecule has 0 spiro atoms. The molecule has 0 saturated carbocycles. The van der Waals surface area contributed by atoms with Crippen LogP contribution in [0.5, 0.6) is 5.75 Å². The molecule has 1 aromatic heterocycles. The standard InChI is InChI=1S/C25H29BrN2O2S/c1-17-19(20-7-4-9-23(18(20)2)30-15-5-11-26)6-3-8-21(17)25-27-22-10-12-28(13-14-29)16-24(22)31-25/h3-4,6-9,29H,5,10-16H2,1-2H3. The van der Waals surface area contributed by atoms with E-state index in [-0.39, 0.29) is 6.61 Å². The summed E-state index contributed by atoms with van der Waals surface area (Å²) in [6.07, 6.45) is 1.94. The zero-order chi connectivity index (χ0) is 21.8. The minimum atomic E-state index is 0.209. The molecule has 6 heteroatoms. The molecule has 0 radical (unpaired) electrons. The Kier molecular flexibility index (Phi) is 7.43. The quantitative estimate of drug-likeness (QED) is 0.322. The summed E-state index contributed by atoms with van der Waals surface area (Å²) in [6, 6.07) is 12.8. The van der Waals surface area contributed by atoms with Crippen LogP contribution in [0.1, 0.15) is 28.1 Å². The highest BCUT2D eigenvalue weighted by molar-refractivity contribution is 9.09. The van der Waals surface area contributed by atoms with E-state index in [1.54, 1.807) is 11.3 Å². The normalized spacial score (nSPS) is 13.9. The molecule has 4 rings (SSSR count). The Morgan fingerprint density at radius 2 is 1.84 bits per heavy atom. The third kappa shape index (κ3) is 4.87. The number of fused-ring (bicyclic) bond motifs is 1. The van der Waals surface area contributed by atoms with Crippen LogP contribution < -0.4 is 4.74 Å². The van der Waals surface area contributed by atoms with Crippen molar-refractivity contribution in [3.05, 3.63) is 58.1 Å². The highest BCUT2D eigenvalue weighted by atomic mass is 79.9. The third-order valence-electron chi connectivity index (χ3n) is 5.90. The predicted molar refractivity (Wildman–Crippen MR) is 132 cm³/mol. The van der Waals surface area contributed by atoms with Gasteiger partial charge in [0.1, 0.15) is 10.8 Å². The number of thiazole rings is 1. The lowest BCUT2D eigenvalue weighted by atomic mass is 9.93. The van der Waals surface area contributed by atoms with Gasteiger partial charge in [0.05, 0.1) is 18.9 Å². The Morgan fingerprint density at radius 3 is 2.61 bits per heavy atom. The van der Waals surface area contributed by atoms with Gasteiger partial charge in [0, 0.05) is 41.8 Å². The van der Waals surface area contributed by atoms with E-state index in [0.29, 0.717) is 6.61 Å². The first-order chi connectivity index (χ1) is 15.1. The molecule has 0 amide bonds. The van der Waals surface area contributed by atoms with Crippen molar-refractivity contribution < 1.29 is 9.84 Å². The van der Waals surface area contributed by atoms with Gasteiger partial charge >= 0.3 is 0 Å². The fourth-order valence-electron chi connectivity index (χ4n) is 4.15. The van der Waals surface area contributed by atoms with Gasteiger partial charge in [-0.25, -0.2) is 4.98 Å². The molecule has 1 aliphatic heterocycles. The second kappa shape index (κ2) is 10.3. The van der Waals surface area contributed by atoms with Gasteiger partial charge in [-0.05, 0) is 48.6 Å². The van der Waals surface area contributed by atoms with E-state index in [4.69, 9.17) is 9.72 Å². The van der Waals surface area contributed by atoms with E-state index in [9.17, 15) is 5.11 Å². The number of rotatable bonds is 8. The summed E-state index contributed by atoms with van der Waals surface area (Å²) >= 11 is 5.26. The zero-order valence-electron chi connectivity index (χ0n) is 18.2. The van der Waals surface area contributed by atoms with Crippen molar-refractivity contribution in [2.75, 3.05) is 31.6 Å². The largest absolute Gasteiger partial charge is 0.493 e. The number of aromatic nitrogens is 1. The van der Waals surface area contributed by atoms with Crippen LogP contribution in [0.15, 0.2) is 36.4 Å². The number of halogens is 1. The van der Waals surface area contributed by atoms with E-state index in [2.05, 4.69) is 71.1 Å². The number of ether oxygens (including phenoxy) is 1. The Hall–Kier alpha value is -1.73. The molecule has 1 N–H and O–H groups in total. The number of aliphatic hydroxyl groups excluding tert-OH is 1. The highest BCUT2D eigenvalue weighted by Gasteiger charge is 2.22. The van der Waals surface area contributed by atoms with Gasteiger partial charge in [0.25, 0.3) is 0 Å². The van der Waals surface area contributed by atoms with Crippen LogP contribution in [0.2, 0.25) is 0 Å². The first kappa shape index (κ1) is 22.5. The molecule has 2 aromatic carbocycles. The maximum atomic E-state index is 9.26. The molecule has 0 saturated heterocycles. The van der Waals surface area contributed by atoms with Crippen LogP contribution in [-0.4, -0.2) is 46.6 Å². The van der Waals surface area contributed by atoms with Gasteiger partial charge in [0.2, 0.25) is 0 Å². The zero-order valence-corrected chi connectivity index (χ0v) is 20.6. The number of alkyl halides is 1. The molecule has 164 valence electrons. The summed E-state index contributed by atoms with van der Waals surface area (Å²) in [4.78, 5) is 8.64. The molecule has 0 bridgehead atoms. The van der Waals surface area contributed by atoms with E-state index in [0.717, 1.165) is 48.6 Å². The van der Waals surface area contributed by atoms with E-state index in [1.807, 2.05) is 0 Å². The number of nitrogens with zero attached hydrogens (tertiary/aromatic N) is 2. The van der Waals surface area contributed by atoms with Crippen molar-refractivity contribution in [3.8, 4) is 27.4 Å². The minimum Gasteiger partial charge on any atom is -0.493 e. The Labute approximate surface area is 197 Å². The first-order valence-electron chi connectivity index (χ1n) is 10.8. The highest BCUT2D eigenvalue weighted by Crippen LogP contribution is 2.38. The summed E-state index contributed by atoms with van der Waals surface area (Å²) in [7, 11) is 0. The molecule has 3 aromatic rings. The predicted octanol–water partition coefficient (Wildman–Crippen LogP) is 5.61. The Balaban J connectivity index is 1.66. The smallest absolute Gasteiger partial charge is 0.124 e. The van der Waals surface area contributed by atoms with Crippen molar-refractivity contribution >= 4 is 27.3 Å². The molecule has 0 aliphatic carbocycles. The molecule has 0 atom stereocenters. The van der Waals surface area contributed by atoms with Gasteiger partial charge in [0.15, 0.2) is 0 Å². The number of benzene rings is 2.